The minimum Gasteiger partial charge on any atom is -0.497 e. The van der Waals surface area contributed by atoms with Crippen LogP contribution in [0.2, 0.25) is 0 Å². The molecule has 2 N–H and O–H groups in total. The van der Waals surface area contributed by atoms with Crippen LogP contribution < -0.4 is 15.4 Å². The van der Waals surface area contributed by atoms with Gasteiger partial charge in [0.2, 0.25) is 16.9 Å². The number of carbonyl (C=O) groups is 2. The van der Waals surface area contributed by atoms with Crippen LogP contribution in [0, 0.1) is 13.8 Å². The van der Waals surface area contributed by atoms with Crippen molar-refractivity contribution in [3.8, 4) is 5.75 Å². The smallest absolute Gasteiger partial charge is 0.243 e. The molecule has 0 atom stereocenters. The fourth-order valence-electron chi connectivity index (χ4n) is 2.76. The lowest BCUT2D eigenvalue weighted by molar-refractivity contribution is -0.131. The van der Waals surface area contributed by atoms with E-state index in [1.807, 2.05) is 19.1 Å². The Morgan fingerprint density at radius 3 is 2.72 bits per heavy atom. The van der Waals surface area contributed by atoms with Gasteiger partial charge >= 0.3 is 0 Å². The number of hydrogen-bond donors (Lipinski definition) is 2. The van der Waals surface area contributed by atoms with E-state index < -0.39 is 0 Å². The maximum absolute atomic E-state index is 12.4. The number of likely N-dealkylation sites (N-methyl/N-ethyl adjacent to an activating group) is 1. The number of rotatable bonds is 9. The number of aromatic nitrogens is 2. The van der Waals surface area contributed by atoms with Crippen LogP contribution in [-0.4, -0.2) is 53.4 Å². The van der Waals surface area contributed by atoms with Gasteiger partial charge in [-0.3, -0.25) is 9.59 Å². The largest absolute Gasteiger partial charge is 0.497 e. The summed E-state index contributed by atoms with van der Waals surface area (Å²) in [7, 11) is 3.16. The highest BCUT2D eigenvalue weighted by Crippen LogP contribution is 2.29. The third-order valence-corrected chi connectivity index (χ3v) is 6.69. The Bertz CT molecular complexity index is 1100. The molecule has 0 aliphatic rings. The maximum Gasteiger partial charge on any atom is 0.243 e. The Morgan fingerprint density at radius 1 is 1.16 bits per heavy atom. The number of nitrogens with one attached hydrogen (secondary N) is 2. The molecule has 3 aromatic rings. The topological polar surface area (TPSA) is 96.5 Å². The number of anilines is 3. The molecule has 0 aliphatic carbocycles. The van der Waals surface area contributed by atoms with Gasteiger partial charge < -0.3 is 20.3 Å². The molecule has 1 heterocycles. The molecule has 2 aromatic carbocycles. The average molecular weight is 472 g/mol. The maximum atomic E-state index is 12.4. The molecular formula is C22H25N5O3S2. The van der Waals surface area contributed by atoms with Crippen molar-refractivity contribution >= 4 is 51.4 Å². The second-order valence-electron chi connectivity index (χ2n) is 7.06. The summed E-state index contributed by atoms with van der Waals surface area (Å²) in [6.07, 6.45) is 0. The summed E-state index contributed by atoms with van der Waals surface area (Å²) in [5.74, 6) is 0.360. The van der Waals surface area contributed by atoms with Gasteiger partial charge in [-0.2, -0.15) is 0 Å². The van der Waals surface area contributed by atoms with E-state index in [1.54, 1.807) is 38.4 Å². The molecule has 0 bridgehead atoms. The van der Waals surface area contributed by atoms with Crippen molar-refractivity contribution in [3.05, 3.63) is 53.6 Å². The summed E-state index contributed by atoms with van der Waals surface area (Å²) in [5.41, 5.74) is 3.94. The molecule has 0 aliphatic heterocycles. The molecule has 8 nitrogen and oxygen atoms in total. The number of nitrogens with zero attached hydrogens (tertiary/aromatic N) is 3. The number of ether oxygens (including phenoxy) is 1. The van der Waals surface area contributed by atoms with E-state index in [-0.39, 0.29) is 24.1 Å². The van der Waals surface area contributed by atoms with Crippen molar-refractivity contribution in [1.29, 1.82) is 0 Å². The molecule has 0 saturated carbocycles. The van der Waals surface area contributed by atoms with Crippen LogP contribution in [0.4, 0.5) is 16.5 Å². The summed E-state index contributed by atoms with van der Waals surface area (Å²) in [6.45, 7) is 4.06. The normalized spacial score (nSPS) is 10.5. The van der Waals surface area contributed by atoms with Crippen molar-refractivity contribution in [1.82, 2.24) is 15.1 Å². The third kappa shape index (κ3) is 6.44. The number of aryl methyl sites for hydroxylation is 1. The van der Waals surface area contributed by atoms with Gasteiger partial charge in [-0.05, 0) is 43.2 Å². The van der Waals surface area contributed by atoms with E-state index in [9.17, 15) is 9.59 Å². The third-order valence-electron chi connectivity index (χ3n) is 4.73. The number of carbonyl (C=O) groups excluding carboxylic acids is 2. The van der Waals surface area contributed by atoms with Crippen molar-refractivity contribution in [2.24, 2.45) is 0 Å². The van der Waals surface area contributed by atoms with E-state index >= 15 is 0 Å². The Hall–Kier alpha value is -3.11. The van der Waals surface area contributed by atoms with E-state index in [2.05, 4.69) is 33.8 Å². The molecule has 1 aromatic heterocycles. The van der Waals surface area contributed by atoms with Crippen LogP contribution >= 0.6 is 23.1 Å². The molecule has 32 heavy (non-hydrogen) atoms. The van der Waals surface area contributed by atoms with Crippen LogP contribution in [-0.2, 0) is 9.59 Å². The summed E-state index contributed by atoms with van der Waals surface area (Å²) < 4.78 is 5.82. The van der Waals surface area contributed by atoms with Crippen molar-refractivity contribution in [2.45, 2.75) is 18.2 Å². The first-order valence-electron chi connectivity index (χ1n) is 9.83. The minimum atomic E-state index is -0.282. The van der Waals surface area contributed by atoms with Gasteiger partial charge in [0.05, 0.1) is 19.4 Å². The van der Waals surface area contributed by atoms with Crippen molar-refractivity contribution in [2.75, 3.05) is 37.1 Å². The standard InChI is InChI=1S/C22H25N5O3S2/c1-14-7-5-10-18(15(14)2)24-21-25-26-22(32-21)31-13-20(29)27(3)12-19(28)23-16-8-6-9-17(11-16)30-4/h5-11H,12-13H2,1-4H3,(H,23,28)(H,24,25). The molecule has 2 amide bonds. The molecule has 0 saturated heterocycles. The van der Waals surface area contributed by atoms with Gasteiger partial charge in [-0.1, -0.05) is 41.3 Å². The highest BCUT2D eigenvalue weighted by molar-refractivity contribution is 8.01. The first-order chi connectivity index (χ1) is 15.4. The predicted molar refractivity (Wildman–Crippen MR) is 129 cm³/mol. The van der Waals surface area contributed by atoms with Gasteiger partial charge in [0, 0.05) is 24.5 Å². The Labute approximate surface area is 195 Å². The highest BCUT2D eigenvalue weighted by Gasteiger charge is 2.15. The summed E-state index contributed by atoms with van der Waals surface area (Å²) in [5, 5.41) is 15.0. The van der Waals surface area contributed by atoms with Gasteiger partial charge in [0.1, 0.15) is 5.75 Å². The lowest BCUT2D eigenvalue weighted by Crippen LogP contribution is -2.35. The molecule has 3 rings (SSSR count). The van der Waals surface area contributed by atoms with Crippen LogP contribution in [0.3, 0.4) is 0 Å². The van der Waals surface area contributed by atoms with Crippen LogP contribution in [0.1, 0.15) is 11.1 Å². The zero-order valence-electron chi connectivity index (χ0n) is 18.3. The molecule has 0 unspecified atom stereocenters. The first kappa shape index (κ1) is 23.6. The second-order valence-corrected chi connectivity index (χ2v) is 9.26. The minimum absolute atomic E-state index is 0.0494. The Kier molecular flexibility index (Phi) is 8.07. The van der Waals surface area contributed by atoms with Crippen molar-refractivity contribution < 1.29 is 14.3 Å². The number of methoxy groups -OCH3 is 1. The summed E-state index contributed by atoms with van der Waals surface area (Å²) in [6, 6.07) is 13.1. The number of thioether (sulfide) groups is 1. The lowest BCUT2D eigenvalue weighted by atomic mass is 10.1. The highest BCUT2D eigenvalue weighted by atomic mass is 32.2. The molecule has 0 fully saturated rings. The molecular weight excluding hydrogens is 446 g/mol. The van der Waals surface area contributed by atoms with Crippen LogP contribution in [0.5, 0.6) is 5.75 Å². The van der Waals surface area contributed by atoms with Gasteiger partial charge in [0.25, 0.3) is 0 Å². The van der Waals surface area contributed by atoms with E-state index in [0.717, 1.165) is 11.3 Å². The van der Waals surface area contributed by atoms with Crippen LogP contribution in [0.25, 0.3) is 0 Å². The van der Waals surface area contributed by atoms with Gasteiger partial charge in [-0.15, -0.1) is 10.2 Å². The van der Waals surface area contributed by atoms with Crippen LogP contribution in [0.15, 0.2) is 46.8 Å². The zero-order chi connectivity index (χ0) is 23.1. The molecule has 168 valence electrons. The molecule has 0 radical (unpaired) electrons. The summed E-state index contributed by atoms with van der Waals surface area (Å²) >= 11 is 2.68. The predicted octanol–water partition coefficient (Wildman–Crippen LogP) is 4.10. The zero-order valence-corrected chi connectivity index (χ0v) is 20.0. The fraction of sp³-hybridized carbons (Fsp3) is 0.273. The summed E-state index contributed by atoms with van der Waals surface area (Å²) in [4.78, 5) is 26.1. The SMILES string of the molecule is COc1cccc(NC(=O)CN(C)C(=O)CSc2nnc(Nc3cccc(C)c3C)s2)c1. The number of benzene rings is 2. The monoisotopic (exact) mass is 471 g/mol. The number of hydrogen-bond acceptors (Lipinski definition) is 8. The Morgan fingerprint density at radius 2 is 1.94 bits per heavy atom. The average Bonchev–Trinajstić information content (AvgIpc) is 3.22. The fourth-order valence-corrected chi connectivity index (χ4v) is 4.46. The van der Waals surface area contributed by atoms with Gasteiger partial charge in [-0.25, -0.2) is 0 Å². The molecule has 10 heteroatoms. The van der Waals surface area contributed by atoms with Crippen molar-refractivity contribution in [3.63, 3.8) is 0 Å². The number of amides is 2. The lowest BCUT2D eigenvalue weighted by Gasteiger charge is -2.16. The Balaban J connectivity index is 1.47. The first-order valence-corrected chi connectivity index (χ1v) is 11.6. The quantitative estimate of drug-likeness (QED) is 0.454. The van der Waals surface area contributed by atoms with E-state index in [0.29, 0.717) is 20.9 Å². The van der Waals surface area contributed by atoms with E-state index in [1.165, 1.54) is 33.6 Å². The second kappa shape index (κ2) is 11.0. The van der Waals surface area contributed by atoms with Gasteiger partial charge in [0.15, 0.2) is 4.34 Å². The van der Waals surface area contributed by atoms with E-state index in [4.69, 9.17) is 4.74 Å². The molecule has 0 spiro atoms.